The lowest BCUT2D eigenvalue weighted by molar-refractivity contribution is -0.131. The molecule has 6 atom stereocenters. The second-order valence-electron chi connectivity index (χ2n) is 12.0. The van der Waals surface area contributed by atoms with Crippen LogP contribution in [0.1, 0.15) is 31.2 Å². The summed E-state index contributed by atoms with van der Waals surface area (Å²) in [5.41, 5.74) is 0.448. The summed E-state index contributed by atoms with van der Waals surface area (Å²) in [4.78, 5) is 58.6. The highest BCUT2D eigenvalue weighted by Gasteiger charge is 2.67. The lowest BCUT2D eigenvalue weighted by Crippen LogP contribution is -2.49. The third-order valence-corrected chi connectivity index (χ3v) is 10.7. The minimum atomic E-state index is -1.35. The maximum Gasteiger partial charge on any atom is 0.241 e. The number of halogens is 4. The number of phenolic OH excluding ortho intramolecular Hbond substituents is 1. The fourth-order valence-corrected chi connectivity index (χ4v) is 8.41. The van der Waals surface area contributed by atoms with Gasteiger partial charge in [-0.15, -0.1) is 0 Å². The zero-order valence-corrected chi connectivity index (χ0v) is 25.4. The average Bonchev–Trinajstić information content (AvgIpc) is 3.35. The van der Waals surface area contributed by atoms with E-state index in [1.165, 1.54) is 29.2 Å². The minimum absolute atomic E-state index is 0.0721. The number of rotatable bonds is 3. The first-order valence-corrected chi connectivity index (χ1v) is 15.2. The van der Waals surface area contributed by atoms with Gasteiger partial charge in [0, 0.05) is 16.0 Å². The van der Waals surface area contributed by atoms with Gasteiger partial charge in [-0.05, 0) is 85.8 Å². The van der Waals surface area contributed by atoms with Crippen LogP contribution in [-0.2, 0) is 19.2 Å². The van der Waals surface area contributed by atoms with E-state index in [2.05, 4.69) is 0 Å². The van der Waals surface area contributed by atoms with Crippen LogP contribution in [0.2, 0.25) is 15.1 Å². The normalized spacial score (nSPS) is 29.5. The number of nitrogens with zero attached hydrogens (tertiary/aromatic N) is 2. The highest BCUT2D eigenvalue weighted by atomic mass is 35.5. The molecule has 2 aliphatic heterocycles. The lowest BCUT2D eigenvalue weighted by atomic mass is 9.51. The molecule has 1 N–H and O–H groups in total. The molecule has 7 rings (SSSR count). The lowest BCUT2D eigenvalue weighted by Gasteiger charge is -2.49. The molecule has 4 aliphatic rings. The van der Waals surface area contributed by atoms with Crippen LogP contribution in [0, 0.1) is 34.9 Å². The minimum Gasteiger partial charge on any atom is -0.508 e. The number of amides is 4. The first-order chi connectivity index (χ1) is 20.9. The molecule has 7 nitrogen and oxygen atoms in total. The molecule has 224 valence electrons. The molecule has 0 aromatic heterocycles. The summed E-state index contributed by atoms with van der Waals surface area (Å²) in [7, 11) is 0. The predicted molar refractivity (Wildman–Crippen MR) is 163 cm³/mol. The van der Waals surface area contributed by atoms with Crippen LogP contribution in [0.15, 0.2) is 72.3 Å². The summed E-state index contributed by atoms with van der Waals surface area (Å²) in [5, 5.41) is 10.5. The summed E-state index contributed by atoms with van der Waals surface area (Å²) in [5.74, 6) is -6.12. The van der Waals surface area contributed by atoms with Crippen molar-refractivity contribution in [3.63, 3.8) is 0 Å². The highest BCUT2D eigenvalue weighted by molar-refractivity contribution is 6.33. The van der Waals surface area contributed by atoms with Gasteiger partial charge < -0.3 is 5.11 Å². The van der Waals surface area contributed by atoms with Crippen molar-refractivity contribution in [2.75, 3.05) is 9.80 Å². The SMILES string of the molecule is CC12C(=O)N(c3ccc(F)c(Cl)c3)C(=O)C1CC1C(=CCC3C(=O)N(c4ccc(Cl)cc4)C(=O)C31)C2c1ccc(O)cc1Cl. The average molecular weight is 654 g/mol. The fourth-order valence-electron chi connectivity index (χ4n) is 7.82. The Balaban J connectivity index is 1.37. The van der Waals surface area contributed by atoms with Gasteiger partial charge >= 0.3 is 0 Å². The number of imide groups is 2. The molecular weight excluding hydrogens is 630 g/mol. The van der Waals surface area contributed by atoms with Gasteiger partial charge in [-0.1, -0.05) is 52.5 Å². The second kappa shape index (κ2) is 10.2. The van der Waals surface area contributed by atoms with Crippen LogP contribution >= 0.6 is 34.8 Å². The van der Waals surface area contributed by atoms with Crippen molar-refractivity contribution in [1.29, 1.82) is 0 Å². The molecule has 3 aromatic rings. The van der Waals surface area contributed by atoms with Crippen LogP contribution in [-0.4, -0.2) is 28.7 Å². The first kappa shape index (κ1) is 29.0. The van der Waals surface area contributed by atoms with Gasteiger partial charge in [0.25, 0.3) is 0 Å². The standard InChI is InChI=1S/C33H24Cl3FN2O5/c1-33-23(30(42)39(32(33)44)17-6-11-26(37)25(36)12-17)14-22-19(28(33)20-8-7-18(40)13-24(20)35)9-10-21-27(22)31(43)38(29(21)41)16-4-2-15(34)3-5-16/h2-9,11-13,21-23,27-28,40H,10,14H2,1H3. The molecule has 4 amide bonds. The van der Waals surface area contributed by atoms with Crippen LogP contribution in [0.3, 0.4) is 0 Å². The third-order valence-electron chi connectivity index (χ3n) is 9.82. The summed E-state index contributed by atoms with van der Waals surface area (Å²) in [6.07, 6.45) is 2.31. The van der Waals surface area contributed by atoms with E-state index in [1.54, 1.807) is 37.3 Å². The van der Waals surface area contributed by atoms with Gasteiger partial charge in [-0.25, -0.2) is 9.29 Å². The molecule has 2 heterocycles. The quantitative estimate of drug-likeness (QED) is 0.245. The largest absolute Gasteiger partial charge is 0.508 e. The number of anilines is 2. The molecule has 3 aromatic carbocycles. The molecular formula is C33H24Cl3FN2O5. The van der Waals surface area contributed by atoms with Crippen molar-refractivity contribution in [3.8, 4) is 5.75 Å². The molecule has 2 saturated heterocycles. The third kappa shape index (κ3) is 4.00. The van der Waals surface area contributed by atoms with Gasteiger partial charge in [0.1, 0.15) is 11.6 Å². The first-order valence-electron chi connectivity index (χ1n) is 14.1. The number of benzene rings is 3. The smallest absolute Gasteiger partial charge is 0.241 e. The Kier molecular flexibility index (Phi) is 6.70. The molecule has 11 heteroatoms. The zero-order chi connectivity index (χ0) is 31.2. The molecule has 3 fully saturated rings. The van der Waals surface area contributed by atoms with E-state index in [0.29, 0.717) is 16.3 Å². The number of hydrogen-bond donors (Lipinski definition) is 1. The number of aromatic hydroxyl groups is 1. The monoisotopic (exact) mass is 652 g/mol. The van der Waals surface area contributed by atoms with Crippen molar-refractivity contribution in [2.45, 2.75) is 25.7 Å². The molecule has 2 aliphatic carbocycles. The Bertz CT molecular complexity index is 1830. The van der Waals surface area contributed by atoms with E-state index in [4.69, 9.17) is 34.8 Å². The van der Waals surface area contributed by atoms with E-state index in [9.17, 15) is 28.7 Å². The fraction of sp³-hybridized carbons (Fsp3) is 0.273. The van der Waals surface area contributed by atoms with Crippen LogP contribution in [0.5, 0.6) is 5.75 Å². The summed E-state index contributed by atoms with van der Waals surface area (Å²) in [6.45, 7) is 1.71. The molecule has 0 bridgehead atoms. The van der Waals surface area contributed by atoms with Gasteiger partial charge in [-0.2, -0.15) is 0 Å². The molecule has 0 radical (unpaired) electrons. The summed E-state index contributed by atoms with van der Waals surface area (Å²) >= 11 is 18.8. The van der Waals surface area contributed by atoms with Gasteiger partial charge in [0.2, 0.25) is 23.6 Å². The molecule has 6 unspecified atom stereocenters. The Morgan fingerprint density at radius 2 is 1.52 bits per heavy atom. The van der Waals surface area contributed by atoms with Crippen LogP contribution in [0.25, 0.3) is 0 Å². The second-order valence-corrected chi connectivity index (χ2v) is 13.2. The number of carbonyl (C=O) groups excluding carboxylic acids is 4. The Labute approximate surface area is 266 Å². The maximum absolute atomic E-state index is 14.4. The van der Waals surface area contributed by atoms with Crippen LogP contribution in [0.4, 0.5) is 15.8 Å². The van der Waals surface area contributed by atoms with Gasteiger partial charge in [0.15, 0.2) is 0 Å². The number of phenols is 1. The van der Waals surface area contributed by atoms with Gasteiger partial charge in [0.05, 0.1) is 39.6 Å². The summed E-state index contributed by atoms with van der Waals surface area (Å²) in [6, 6.07) is 14.6. The van der Waals surface area contributed by atoms with Crippen molar-refractivity contribution >= 4 is 69.8 Å². The van der Waals surface area contributed by atoms with E-state index in [1.807, 2.05) is 6.08 Å². The predicted octanol–water partition coefficient (Wildman–Crippen LogP) is 6.93. The number of fused-ring (bicyclic) bond motifs is 4. The van der Waals surface area contributed by atoms with E-state index < -0.39 is 52.6 Å². The number of carbonyl (C=O) groups is 4. The van der Waals surface area contributed by atoms with Crippen molar-refractivity contribution in [3.05, 3.63) is 98.8 Å². The topological polar surface area (TPSA) is 95.0 Å². The van der Waals surface area contributed by atoms with Gasteiger partial charge in [-0.3, -0.25) is 24.1 Å². The number of allylic oxidation sites excluding steroid dienone is 2. The summed E-state index contributed by atoms with van der Waals surface area (Å²) < 4.78 is 14.0. The van der Waals surface area contributed by atoms with Crippen LogP contribution < -0.4 is 9.80 Å². The van der Waals surface area contributed by atoms with Crippen molar-refractivity contribution in [1.82, 2.24) is 0 Å². The molecule has 44 heavy (non-hydrogen) atoms. The highest BCUT2D eigenvalue weighted by Crippen LogP contribution is 2.64. The number of hydrogen-bond acceptors (Lipinski definition) is 5. The van der Waals surface area contributed by atoms with Crippen molar-refractivity contribution < 1.29 is 28.7 Å². The Morgan fingerprint density at radius 3 is 2.20 bits per heavy atom. The van der Waals surface area contributed by atoms with E-state index in [0.717, 1.165) is 16.5 Å². The Morgan fingerprint density at radius 1 is 0.818 bits per heavy atom. The van der Waals surface area contributed by atoms with E-state index >= 15 is 0 Å². The molecule has 1 saturated carbocycles. The van der Waals surface area contributed by atoms with Crippen molar-refractivity contribution in [2.24, 2.45) is 29.1 Å². The maximum atomic E-state index is 14.4. The zero-order valence-electron chi connectivity index (χ0n) is 23.1. The van der Waals surface area contributed by atoms with E-state index in [-0.39, 0.29) is 46.1 Å². The molecule has 0 spiro atoms. The Hall–Kier alpha value is -3.72.